The lowest BCUT2D eigenvalue weighted by Crippen LogP contribution is -2.14. The zero-order valence-electron chi connectivity index (χ0n) is 9.35. The van der Waals surface area contributed by atoms with Gasteiger partial charge in [-0.15, -0.1) is 0 Å². The average Bonchev–Trinajstić information content (AvgIpc) is 2.73. The van der Waals surface area contributed by atoms with E-state index in [9.17, 15) is 0 Å². The van der Waals surface area contributed by atoms with Gasteiger partial charge >= 0.3 is 0 Å². The third kappa shape index (κ3) is 1.47. The largest absolute Gasteiger partial charge is 0.326 e. The van der Waals surface area contributed by atoms with Crippen LogP contribution in [-0.4, -0.2) is 11.5 Å². The number of aromatic nitrogens is 1. The summed E-state index contributed by atoms with van der Waals surface area (Å²) in [6.45, 7) is 3.17. The summed E-state index contributed by atoms with van der Waals surface area (Å²) < 4.78 is 0. The first-order valence-electron chi connectivity index (χ1n) is 5.63. The average molecular weight is 210 g/mol. The lowest BCUT2D eigenvalue weighted by atomic mass is 10.1. The van der Waals surface area contributed by atoms with E-state index in [1.165, 1.54) is 16.8 Å². The number of fused-ring (bicyclic) bond motifs is 1. The molecular formula is C14H14N2. The number of anilines is 2. The first kappa shape index (κ1) is 9.40. The van der Waals surface area contributed by atoms with Gasteiger partial charge in [-0.05, 0) is 42.7 Å². The molecule has 2 nitrogen and oxygen atoms in total. The Balaban J connectivity index is 2.06. The summed E-state index contributed by atoms with van der Waals surface area (Å²) in [6, 6.07) is 12.7. The van der Waals surface area contributed by atoms with Crippen molar-refractivity contribution in [3.63, 3.8) is 0 Å². The molecule has 0 aliphatic carbocycles. The van der Waals surface area contributed by atoms with E-state index >= 15 is 0 Å². The van der Waals surface area contributed by atoms with Gasteiger partial charge in [0.25, 0.3) is 0 Å². The number of nitrogens with zero attached hydrogens (tertiary/aromatic N) is 2. The number of hydrogen-bond acceptors (Lipinski definition) is 2. The Morgan fingerprint density at radius 3 is 2.94 bits per heavy atom. The fourth-order valence-electron chi connectivity index (χ4n) is 2.24. The molecule has 1 aromatic heterocycles. The van der Waals surface area contributed by atoms with E-state index in [1.807, 2.05) is 18.3 Å². The summed E-state index contributed by atoms with van der Waals surface area (Å²) in [6.07, 6.45) is 2.97. The van der Waals surface area contributed by atoms with Crippen molar-refractivity contribution in [1.29, 1.82) is 0 Å². The smallest absolute Gasteiger partial charge is 0.132 e. The molecule has 1 aromatic carbocycles. The van der Waals surface area contributed by atoms with Crippen LogP contribution < -0.4 is 4.90 Å². The van der Waals surface area contributed by atoms with Gasteiger partial charge in [0, 0.05) is 18.4 Å². The maximum absolute atomic E-state index is 4.42. The molecule has 0 radical (unpaired) electrons. The van der Waals surface area contributed by atoms with Crippen molar-refractivity contribution in [2.75, 3.05) is 11.4 Å². The number of benzene rings is 1. The van der Waals surface area contributed by atoms with Gasteiger partial charge in [-0.25, -0.2) is 4.98 Å². The maximum atomic E-state index is 4.42. The second-order valence-corrected chi connectivity index (χ2v) is 4.22. The fourth-order valence-corrected chi connectivity index (χ4v) is 2.24. The highest BCUT2D eigenvalue weighted by Gasteiger charge is 2.20. The lowest BCUT2D eigenvalue weighted by Gasteiger charge is -2.18. The molecule has 0 saturated carbocycles. The normalized spacial score (nSPS) is 13.9. The molecule has 0 atom stereocenters. The highest BCUT2D eigenvalue weighted by atomic mass is 15.2. The van der Waals surface area contributed by atoms with E-state index in [0.717, 1.165) is 18.8 Å². The van der Waals surface area contributed by atoms with Crippen LogP contribution in [0.5, 0.6) is 0 Å². The van der Waals surface area contributed by atoms with Crippen molar-refractivity contribution in [3.05, 3.63) is 53.7 Å². The van der Waals surface area contributed by atoms with Crippen molar-refractivity contribution < 1.29 is 0 Å². The number of aryl methyl sites for hydroxylation is 1. The Morgan fingerprint density at radius 1 is 1.19 bits per heavy atom. The van der Waals surface area contributed by atoms with Crippen LogP contribution in [0.4, 0.5) is 11.5 Å². The minimum atomic E-state index is 1.04. The van der Waals surface area contributed by atoms with Crippen LogP contribution in [-0.2, 0) is 6.42 Å². The highest BCUT2D eigenvalue weighted by molar-refractivity contribution is 5.68. The summed E-state index contributed by atoms with van der Waals surface area (Å²) >= 11 is 0. The van der Waals surface area contributed by atoms with E-state index in [0.29, 0.717) is 0 Å². The van der Waals surface area contributed by atoms with Crippen molar-refractivity contribution in [1.82, 2.24) is 4.98 Å². The zero-order chi connectivity index (χ0) is 11.0. The molecule has 0 amide bonds. The van der Waals surface area contributed by atoms with E-state index in [4.69, 9.17) is 0 Å². The molecule has 0 bridgehead atoms. The predicted molar refractivity (Wildman–Crippen MR) is 66.1 cm³/mol. The van der Waals surface area contributed by atoms with Gasteiger partial charge < -0.3 is 4.90 Å². The lowest BCUT2D eigenvalue weighted by molar-refractivity contribution is 0.974. The van der Waals surface area contributed by atoms with Gasteiger partial charge in [-0.3, -0.25) is 0 Å². The van der Waals surface area contributed by atoms with Crippen LogP contribution in [0.2, 0.25) is 0 Å². The molecule has 80 valence electrons. The van der Waals surface area contributed by atoms with Crippen molar-refractivity contribution in [2.45, 2.75) is 13.3 Å². The first-order chi connectivity index (χ1) is 7.84. The minimum Gasteiger partial charge on any atom is -0.326 e. The van der Waals surface area contributed by atoms with E-state index < -0.39 is 0 Å². The van der Waals surface area contributed by atoms with Gasteiger partial charge in [0.1, 0.15) is 5.82 Å². The van der Waals surface area contributed by atoms with E-state index in [2.05, 4.69) is 41.1 Å². The third-order valence-electron chi connectivity index (χ3n) is 3.06. The van der Waals surface area contributed by atoms with Gasteiger partial charge in [-0.2, -0.15) is 0 Å². The van der Waals surface area contributed by atoms with E-state index in [1.54, 1.807) is 0 Å². The van der Waals surface area contributed by atoms with Crippen molar-refractivity contribution in [3.8, 4) is 0 Å². The molecule has 0 N–H and O–H groups in total. The Hall–Kier alpha value is -1.83. The molecule has 2 aromatic rings. The van der Waals surface area contributed by atoms with Gasteiger partial charge in [0.2, 0.25) is 0 Å². The van der Waals surface area contributed by atoms with Gasteiger partial charge in [-0.1, -0.05) is 18.2 Å². The summed E-state index contributed by atoms with van der Waals surface area (Å²) in [4.78, 5) is 6.71. The van der Waals surface area contributed by atoms with Crippen LogP contribution in [0.3, 0.4) is 0 Å². The topological polar surface area (TPSA) is 16.1 Å². The fraction of sp³-hybridized carbons (Fsp3) is 0.214. The Bertz CT molecular complexity index is 505. The molecule has 1 aliphatic heterocycles. The number of pyridine rings is 1. The molecule has 0 unspecified atom stereocenters. The summed E-state index contributed by atoms with van der Waals surface area (Å²) in [7, 11) is 0. The molecule has 2 heterocycles. The molecular weight excluding hydrogens is 196 g/mol. The first-order valence-corrected chi connectivity index (χ1v) is 5.63. The van der Waals surface area contributed by atoms with Crippen LogP contribution in [0.15, 0.2) is 42.6 Å². The molecule has 1 aliphatic rings. The molecule has 0 saturated heterocycles. The van der Waals surface area contributed by atoms with Crippen LogP contribution in [0.1, 0.15) is 11.1 Å². The molecule has 3 rings (SSSR count). The van der Waals surface area contributed by atoms with Crippen LogP contribution in [0.25, 0.3) is 0 Å². The Morgan fingerprint density at radius 2 is 2.12 bits per heavy atom. The Kier molecular flexibility index (Phi) is 2.13. The molecule has 0 spiro atoms. The van der Waals surface area contributed by atoms with E-state index in [-0.39, 0.29) is 0 Å². The third-order valence-corrected chi connectivity index (χ3v) is 3.06. The molecule has 0 fully saturated rings. The summed E-state index contributed by atoms with van der Waals surface area (Å²) in [5, 5.41) is 0. The number of rotatable bonds is 1. The second kappa shape index (κ2) is 3.63. The highest BCUT2D eigenvalue weighted by Crippen LogP contribution is 2.33. The van der Waals surface area contributed by atoms with Gasteiger partial charge in [0.15, 0.2) is 0 Å². The summed E-state index contributed by atoms with van der Waals surface area (Å²) in [5.74, 6) is 1.05. The molecule has 16 heavy (non-hydrogen) atoms. The van der Waals surface area contributed by atoms with Crippen LogP contribution in [0, 0.1) is 6.92 Å². The minimum absolute atomic E-state index is 1.04. The van der Waals surface area contributed by atoms with Crippen molar-refractivity contribution >= 4 is 11.5 Å². The predicted octanol–water partition coefficient (Wildman–Crippen LogP) is 3.08. The SMILES string of the molecule is Cc1ccc2c(c1)N(c1ccccn1)CC2. The quantitative estimate of drug-likeness (QED) is 0.719. The number of hydrogen-bond donors (Lipinski definition) is 0. The Labute approximate surface area is 95.6 Å². The maximum Gasteiger partial charge on any atom is 0.132 e. The van der Waals surface area contributed by atoms with Crippen molar-refractivity contribution in [2.24, 2.45) is 0 Å². The van der Waals surface area contributed by atoms with Gasteiger partial charge in [0.05, 0.1) is 0 Å². The monoisotopic (exact) mass is 210 g/mol. The second-order valence-electron chi connectivity index (χ2n) is 4.22. The van der Waals surface area contributed by atoms with Crippen LogP contribution >= 0.6 is 0 Å². The standard InChI is InChI=1S/C14H14N2/c1-11-5-6-12-7-9-16(13(12)10-11)14-4-2-3-8-15-14/h2-6,8,10H,7,9H2,1H3. The summed E-state index contributed by atoms with van der Waals surface area (Å²) in [5.41, 5.74) is 4.05. The molecule has 2 heteroatoms. The zero-order valence-corrected chi connectivity index (χ0v) is 9.35.